The second-order valence-electron chi connectivity index (χ2n) is 6.03. The summed E-state index contributed by atoms with van der Waals surface area (Å²) in [6.45, 7) is 5.90. The van der Waals surface area contributed by atoms with Crippen molar-refractivity contribution in [2.45, 2.75) is 32.9 Å². The molecule has 0 unspecified atom stereocenters. The van der Waals surface area contributed by atoms with Crippen LogP contribution in [0.1, 0.15) is 26.7 Å². The molecule has 0 fully saturated rings. The Kier molecular flexibility index (Phi) is 6.80. The summed E-state index contributed by atoms with van der Waals surface area (Å²) in [5.74, 6) is 1.16. The maximum atomic E-state index is 11.5. The molecule has 8 nitrogen and oxygen atoms in total. The maximum Gasteiger partial charge on any atom is 0.321 e. The molecule has 136 valence electrons. The van der Waals surface area contributed by atoms with Crippen molar-refractivity contribution in [2.24, 2.45) is 0 Å². The van der Waals surface area contributed by atoms with Crippen molar-refractivity contribution >= 4 is 18.1 Å². The van der Waals surface area contributed by atoms with Gasteiger partial charge in [0, 0.05) is 12.1 Å². The van der Waals surface area contributed by atoms with Crippen LogP contribution in [0.3, 0.4) is 0 Å². The molecule has 2 rings (SSSR count). The van der Waals surface area contributed by atoms with Crippen molar-refractivity contribution in [1.29, 1.82) is 0 Å². The number of para-hydroxylation sites is 1. The minimum atomic E-state index is -0.491. The van der Waals surface area contributed by atoms with Crippen LogP contribution in [0.25, 0.3) is 11.5 Å². The number of rotatable bonds is 8. The quantitative estimate of drug-likeness (QED) is 0.414. The number of methoxy groups -OCH3 is 1. The number of carbonyl (C=O) groups is 1. The van der Waals surface area contributed by atoms with Crippen LogP contribution in [-0.4, -0.2) is 35.4 Å². The molecule has 0 amide bonds. The molecule has 0 bridgehead atoms. The zero-order valence-corrected chi connectivity index (χ0v) is 15.5. The Hall–Kier alpha value is -2.10. The van der Waals surface area contributed by atoms with Crippen LogP contribution in [0.15, 0.2) is 28.7 Å². The molecule has 0 saturated carbocycles. The molecule has 1 aromatic heterocycles. The first kappa shape index (κ1) is 19.2. The number of aromatic nitrogens is 2. The second-order valence-corrected chi connectivity index (χ2v) is 6.81. The Balaban J connectivity index is 1.76. The van der Waals surface area contributed by atoms with Crippen LogP contribution in [0.2, 0.25) is 0 Å². The van der Waals surface area contributed by atoms with Crippen molar-refractivity contribution in [2.75, 3.05) is 13.7 Å². The molecule has 9 heteroatoms. The van der Waals surface area contributed by atoms with E-state index >= 15 is 0 Å². The lowest BCUT2D eigenvalue weighted by molar-refractivity contribution is -0.153. The summed E-state index contributed by atoms with van der Waals surface area (Å²) in [4.78, 5) is 11.5. The third-order valence-electron chi connectivity index (χ3n) is 2.81. The zero-order chi connectivity index (χ0) is 18.3. The molecule has 0 saturated heterocycles. The molecule has 2 N–H and O–H groups in total. The van der Waals surface area contributed by atoms with Crippen molar-refractivity contribution in [1.82, 2.24) is 19.6 Å². The highest BCUT2D eigenvalue weighted by Gasteiger charge is 2.16. The van der Waals surface area contributed by atoms with Gasteiger partial charge < -0.3 is 13.9 Å². The standard InChI is InChI=1S/C16H22N4O4S/c1-16(2,3)24-14(21)10-18-25-17-9-13-19-20-15(23-13)11-7-5-6-8-12(11)22-4/h5-8,17-18H,9-10H2,1-4H3. The Labute approximate surface area is 150 Å². The molecule has 0 aliphatic carbocycles. The number of hydrogen-bond donors (Lipinski definition) is 2. The zero-order valence-electron chi connectivity index (χ0n) is 14.7. The lowest BCUT2D eigenvalue weighted by Gasteiger charge is -2.19. The third-order valence-corrected chi connectivity index (χ3v) is 3.39. The Morgan fingerprint density at radius 3 is 2.72 bits per heavy atom. The summed E-state index contributed by atoms with van der Waals surface area (Å²) in [6.07, 6.45) is 0. The fraction of sp³-hybridized carbons (Fsp3) is 0.438. The van der Waals surface area contributed by atoms with Crippen molar-refractivity contribution in [3.63, 3.8) is 0 Å². The summed E-state index contributed by atoms with van der Waals surface area (Å²) >= 11 is 1.16. The van der Waals surface area contributed by atoms with E-state index in [1.807, 2.05) is 45.0 Å². The van der Waals surface area contributed by atoms with E-state index in [1.165, 1.54) is 0 Å². The van der Waals surface area contributed by atoms with Gasteiger partial charge in [0.05, 0.1) is 19.2 Å². The lowest BCUT2D eigenvalue weighted by atomic mass is 10.2. The van der Waals surface area contributed by atoms with Crippen LogP contribution in [-0.2, 0) is 16.1 Å². The van der Waals surface area contributed by atoms with Crippen LogP contribution >= 0.6 is 12.1 Å². The number of benzene rings is 1. The highest BCUT2D eigenvalue weighted by molar-refractivity contribution is 7.95. The van der Waals surface area contributed by atoms with Crippen molar-refractivity contribution < 1.29 is 18.7 Å². The number of ether oxygens (including phenoxy) is 2. The number of nitrogens with one attached hydrogen (secondary N) is 2. The van der Waals surface area contributed by atoms with Gasteiger partial charge in [0.15, 0.2) is 0 Å². The molecular formula is C16H22N4O4S. The molecule has 0 radical (unpaired) electrons. The molecule has 0 spiro atoms. The first-order valence-corrected chi connectivity index (χ1v) is 8.50. The Morgan fingerprint density at radius 1 is 1.24 bits per heavy atom. The van der Waals surface area contributed by atoms with Gasteiger partial charge in [-0.05, 0) is 32.9 Å². The van der Waals surface area contributed by atoms with E-state index in [2.05, 4.69) is 19.6 Å². The van der Waals surface area contributed by atoms with Gasteiger partial charge in [-0.3, -0.25) is 4.79 Å². The van der Waals surface area contributed by atoms with E-state index in [-0.39, 0.29) is 12.5 Å². The predicted molar refractivity (Wildman–Crippen MR) is 94.6 cm³/mol. The number of esters is 1. The number of nitrogens with zero attached hydrogens (tertiary/aromatic N) is 2. The van der Waals surface area contributed by atoms with Crippen LogP contribution < -0.4 is 14.2 Å². The Morgan fingerprint density at radius 2 is 2.00 bits per heavy atom. The largest absolute Gasteiger partial charge is 0.496 e. The SMILES string of the molecule is COc1ccccc1-c1nnc(CNSNCC(=O)OC(C)(C)C)o1. The summed E-state index contributed by atoms with van der Waals surface area (Å²) in [6, 6.07) is 7.42. The van der Waals surface area contributed by atoms with E-state index in [1.54, 1.807) is 7.11 Å². The van der Waals surface area contributed by atoms with Gasteiger partial charge in [-0.15, -0.1) is 10.2 Å². The fourth-order valence-corrected chi connectivity index (χ4v) is 2.36. The van der Waals surface area contributed by atoms with Gasteiger partial charge in [-0.1, -0.05) is 12.1 Å². The van der Waals surface area contributed by atoms with Gasteiger partial charge in [0.2, 0.25) is 5.89 Å². The molecular weight excluding hydrogens is 344 g/mol. The van der Waals surface area contributed by atoms with Gasteiger partial charge in [0.1, 0.15) is 17.9 Å². The van der Waals surface area contributed by atoms with E-state index in [0.717, 1.165) is 17.7 Å². The van der Waals surface area contributed by atoms with Gasteiger partial charge >= 0.3 is 5.97 Å². The minimum absolute atomic E-state index is 0.0885. The van der Waals surface area contributed by atoms with Crippen molar-refractivity contribution in [3.8, 4) is 17.2 Å². The summed E-state index contributed by atoms with van der Waals surface area (Å²) in [5, 5.41) is 8.00. The Bertz CT molecular complexity index is 699. The summed E-state index contributed by atoms with van der Waals surface area (Å²) in [7, 11) is 1.59. The summed E-state index contributed by atoms with van der Waals surface area (Å²) < 4.78 is 21.9. The van der Waals surface area contributed by atoms with Gasteiger partial charge in [-0.2, -0.15) is 0 Å². The van der Waals surface area contributed by atoms with E-state index in [4.69, 9.17) is 13.9 Å². The molecule has 0 aliphatic rings. The first-order chi connectivity index (χ1) is 11.9. The smallest absolute Gasteiger partial charge is 0.321 e. The maximum absolute atomic E-state index is 11.5. The monoisotopic (exact) mass is 366 g/mol. The van der Waals surface area contributed by atoms with E-state index < -0.39 is 5.60 Å². The highest BCUT2D eigenvalue weighted by Crippen LogP contribution is 2.28. The molecule has 1 heterocycles. The predicted octanol–water partition coefficient (Wildman–Crippen LogP) is 2.33. The third kappa shape index (κ3) is 6.37. The minimum Gasteiger partial charge on any atom is -0.496 e. The van der Waals surface area contributed by atoms with Crippen LogP contribution in [0.4, 0.5) is 0 Å². The second kappa shape index (κ2) is 8.84. The van der Waals surface area contributed by atoms with E-state index in [0.29, 0.717) is 24.1 Å². The lowest BCUT2D eigenvalue weighted by Crippen LogP contribution is -2.30. The summed E-state index contributed by atoms with van der Waals surface area (Å²) in [5.41, 5.74) is 0.245. The average Bonchev–Trinajstić information content (AvgIpc) is 3.01. The molecule has 0 aliphatic heterocycles. The molecule has 1 aromatic carbocycles. The van der Waals surface area contributed by atoms with Crippen molar-refractivity contribution in [3.05, 3.63) is 30.2 Å². The van der Waals surface area contributed by atoms with Crippen LogP contribution in [0.5, 0.6) is 5.75 Å². The molecule has 2 aromatic rings. The topological polar surface area (TPSA) is 98.5 Å². The highest BCUT2D eigenvalue weighted by atomic mass is 32.2. The van der Waals surface area contributed by atoms with Gasteiger partial charge in [-0.25, -0.2) is 9.44 Å². The van der Waals surface area contributed by atoms with E-state index in [9.17, 15) is 4.79 Å². The first-order valence-electron chi connectivity index (χ1n) is 7.68. The fourth-order valence-electron chi connectivity index (χ4n) is 1.88. The van der Waals surface area contributed by atoms with Crippen LogP contribution in [0, 0.1) is 0 Å². The van der Waals surface area contributed by atoms with Gasteiger partial charge in [0.25, 0.3) is 5.89 Å². The normalized spacial score (nSPS) is 11.4. The average molecular weight is 366 g/mol. The molecule has 0 atom stereocenters. The number of hydrogen-bond acceptors (Lipinski definition) is 9. The molecule has 25 heavy (non-hydrogen) atoms. The number of carbonyl (C=O) groups excluding carboxylic acids is 1.